The number of fused-ring (bicyclic) bond motifs is 6. The summed E-state index contributed by atoms with van der Waals surface area (Å²) in [5, 5.41) is 24.8. The van der Waals surface area contributed by atoms with E-state index in [9.17, 15) is 10.5 Å². The van der Waals surface area contributed by atoms with Crippen LogP contribution >= 0.6 is 0 Å². The minimum absolute atomic E-state index is 0.354. The molecule has 0 unspecified atom stereocenters. The average Bonchev–Trinajstić information content (AvgIpc) is 2.95. The number of aryl methyl sites for hydroxylation is 1. The summed E-state index contributed by atoms with van der Waals surface area (Å²) in [7, 11) is 0. The van der Waals surface area contributed by atoms with Crippen LogP contribution in [0.4, 0.5) is 0 Å². The van der Waals surface area contributed by atoms with E-state index in [1.807, 2.05) is 25.1 Å². The van der Waals surface area contributed by atoms with Crippen LogP contribution in [-0.2, 0) is 0 Å². The summed E-state index contributed by atoms with van der Waals surface area (Å²) in [5.41, 5.74) is 4.14. The Kier molecular flexibility index (Phi) is 2.39. The number of nitriles is 2. The number of pyridine rings is 2. The van der Waals surface area contributed by atoms with Crippen molar-refractivity contribution < 1.29 is 0 Å². The Morgan fingerprint density at radius 2 is 1.77 bits per heavy atom. The zero-order chi connectivity index (χ0) is 15.3. The van der Waals surface area contributed by atoms with E-state index in [1.165, 1.54) is 0 Å². The van der Waals surface area contributed by atoms with E-state index >= 15 is 0 Å². The lowest BCUT2D eigenvalue weighted by Crippen LogP contribution is -1.96. The fourth-order valence-electron chi connectivity index (χ4n) is 2.84. The number of hydrogen-bond donors (Lipinski definition) is 0. The molecule has 22 heavy (non-hydrogen) atoms. The summed E-state index contributed by atoms with van der Waals surface area (Å²) < 4.78 is 1.79. The normalized spacial score (nSPS) is 10.9. The molecule has 4 aromatic rings. The number of rotatable bonds is 0. The molecule has 4 rings (SSSR count). The summed E-state index contributed by atoms with van der Waals surface area (Å²) >= 11 is 0. The highest BCUT2D eigenvalue weighted by atomic mass is 15.2. The summed E-state index contributed by atoms with van der Waals surface area (Å²) in [5.74, 6) is 0. The van der Waals surface area contributed by atoms with Crippen LogP contribution in [0, 0.1) is 29.6 Å². The molecule has 0 aliphatic heterocycles. The Bertz CT molecular complexity index is 1160. The maximum atomic E-state index is 9.26. The fourth-order valence-corrected chi connectivity index (χ4v) is 2.84. The lowest BCUT2D eigenvalue weighted by Gasteiger charge is -2.08. The molecule has 0 N–H and O–H groups in total. The highest BCUT2D eigenvalue weighted by Crippen LogP contribution is 2.30. The fraction of sp³-hybridized carbons (Fsp3) is 0.0588. The third kappa shape index (κ3) is 1.51. The number of aromatic nitrogens is 3. The van der Waals surface area contributed by atoms with E-state index in [4.69, 9.17) is 0 Å². The van der Waals surface area contributed by atoms with Gasteiger partial charge in [0.1, 0.15) is 12.1 Å². The smallest absolute Gasteiger partial charge is 0.101 e. The quantitative estimate of drug-likeness (QED) is 0.464. The van der Waals surface area contributed by atoms with Crippen molar-refractivity contribution in [2.75, 3.05) is 0 Å². The van der Waals surface area contributed by atoms with E-state index in [1.54, 1.807) is 22.8 Å². The highest BCUT2D eigenvalue weighted by Gasteiger charge is 2.14. The Labute approximate surface area is 125 Å². The third-order valence-corrected chi connectivity index (χ3v) is 3.78. The average molecular weight is 283 g/mol. The summed E-state index contributed by atoms with van der Waals surface area (Å²) in [6.45, 7) is 1.92. The van der Waals surface area contributed by atoms with Gasteiger partial charge in [0.25, 0.3) is 0 Å². The second-order valence-corrected chi connectivity index (χ2v) is 5.12. The predicted octanol–water partition coefficient (Wildman–Crippen LogP) is 3.09. The van der Waals surface area contributed by atoms with Gasteiger partial charge in [0.05, 0.1) is 33.4 Å². The van der Waals surface area contributed by atoms with Crippen LogP contribution in [0.5, 0.6) is 0 Å². The van der Waals surface area contributed by atoms with Crippen molar-refractivity contribution in [2.45, 2.75) is 6.92 Å². The summed E-state index contributed by atoms with van der Waals surface area (Å²) in [6.07, 6.45) is 1.74. The monoisotopic (exact) mass is 283 g/mol. The number of nitrogens with zero attached hydrogens (tertiary/aromatic N) is 5. The zero-order valence-electron chi connectivity index (χ0n) is 11.7. The molecule has 5 heteroatoms. The number of hydrogen-bond acceptors (Lipinski definition) is 4. The van der Waals surface area contributed by atoms with Crippen molar-refractivity contribution in [1.29, 1.82) is 10.5 Å². The molecule has 0 aliphatic rings. The van der Waals surface area contributed by atoms with Gasteiger partial charge >= 0.3 is 0 Å². The molecule has 5 nitrogen and oxygen atoms in total. The second kappa shape index (κ2) is 4.28. The van der Waals surface area contributed by atoms with Crippen LogP contribution in [0.25, 0.3) is 27.3 Å². The second-order valence-electron chi connectivity index (χ2n) is 5.12. The first-order valence-corrected chi connectivity index (χ1v) is 6.74. The van der Waals surface area contributed by atoms with E-state index < -0.39 is 0 Å². The topological polar surface area (TPSA) is 77.8 Å². The van der Waals surface area contributed by atoms with Gasteiger partial charge in [-0.05, 0) is 31.2 Å². The molecular weight excluding hydrogens is 274 g/mol. The minimum atomic E-state index is 0.354. The maximum Gasteiger partial charge on any atom is 0.101 e. The minimum Gasteiger partial charge on any atom is -0.254 e. The van der Waals surface area contributed by atoms with E-state index in [0.717, 1.165) is 33.0 Å². The van der Waals surface area contributed by atoms with Crippen LogP contribution in [0.3, 0.4) is 0 Å². The summed E-state index contributed by atoms with van der Waals surface area (Å²) in [6, 6.07) is 13.4. The van der Waals surface area contributed by atoms with Gasteiger partial charge in [-0.1, -0.05) is 6.07 Å². The molecule has 102 valence electrons. The van der Waals surface area contributed by atoms with Gasteiger partial charge in [-0.2, -0.15) is 15.6 Å². The van der Waals surface area contributed by atoms with E-state index in [-0.39, 0.29) is 0 Å². The van der Waals surface area contributed by atoms with Crippen LogP contribution in [0.15, 0.2) is 36.5 Å². The van der Waals surface area contributed by atoms with E-state index in [2.05, 4.69) is 22.2 Å². The Morgan fingerprint density at radius 1 is 1.00 bits per heavy atom. The molecule has 0 spiro atoms. The first-order valence-electron chi connectivity index (χ1n) is 6.74. The van der Waals surface area contributed by atoms with Gasteiger partial charge in [0.15, 0.2) is 0 Å². The standard InChI is InChI=1S/C17H9N5/c1-10-5-16-17-13(3-2-4-20-17)14-6-11(8-18)12(9-19)7-15(14)22(16)21-10/h2-7H,1H3. The molecule has 0 saturated carbocycles. The molecule has 0 radical (unpaired) electrons. The Morgan fingerprint density at radius 3 is 2.55 bits per heavy atom. The molecule has 0 atom stereocenters. The highest BCUT2D eigenvalue weighted by molar-refractivity contribution is 6.11. The maximum absolute atomic E-state index is 9.26. The largest absolute Gasteiger partial charge is 0.254 e. The first kappa shape index (κ1) is 12.3. The van der Waals surface area contributed by atoms with Crippen molar-refractivity contribution >= 4 is 27.3 Å². The predicted molar refractivity (Wildman–Crippen MR) is 82.2 cm³/mol. The molecule has 0 saturated heterocycles. The molecule has 3 heterocycles. The van der Waals surface area contributed by atoms with Crippen LogP contribution in [0.1, 0.15) is 16.8 Å². The molecule has 0 aliphatic carbocycles. The van der Waals surface area contributed by atoms with E-state index in [0.29, 0.717) is 11.1 Å². The van der Waals surface area contributed by atoms with Gasteiger partial charge in [-0.3, -0.25) is 4.98 Å². The van der Waals surface area contributed by atoms with Crippen molar-refractivity contribution in [3.05, 3.63) is 53.3 Å². The van der Waals surface area contributed by atoms with Crippen molar-refractivity contribution in [2.24, 2.45) is 0 Å². The van der Waals surface area contributed by atoms with Gasteiger partial charge in [0.2, 0.25) is 0 Å². The van der Waals surface area contributed by atoms with Crippen molar-refractivity contribution in [1.82, 2.24) is 14.6 Å². The lowest BCUT2D eigenvalue weighted by atomic mass is 10.0. The van der Waals surface area contributed by atoms with Gasteiger partial charge in [-0.25, -0.2) is 4.52 Å². The van der Waals surface area contributed by atoms with Gasteiger partial charge in [0, 0.05) is 17.0 Å². The van der Waals surface area contributed by atoms with Crippen LogP contribution < -0.4 is 0 Å². The van der Waals surface area contributed by atoms with Crippen LogP contribution in [-0.4, -0.2) is 14.6 Å². The Hall–Kier alpha value is -3.44. The van der Waals surface area contributed by atoms with Crippen molar-refractivity contribution in [3.63, 3.8) is 0 Å². The molecule has 0 bridgehead atoms. The lowest BCUT2D eigenvalue weighted by molar-refractivity contribution is 0.973. The van der Waals surface area contributed by atoms with Crippen LogP contribution in [0.2, 0.25) is 0 Å². The zero-order valence-corrected chi connectivity index (χ0v) is 11.7. The summed E-state index contributed by atoms with van der Waals surface area (Å²) in [4.78, 5) is 4.46. The number of benzene rings is 1. The van der Waals surface area contributed by atoms with Gasteiger partial charge in [-0.15, -0.1) is 0 Å². The first-order chi connectivity index (χ1) is 10.7. The molecule has 3 aromatic heterocycles. The van der Waals surface area contributed by atoms with Gasteiger partial charge < -0.3 is 0 Å². The third-order valence-electron chi connectivity index (χ3n) is 3.78. The van der Waals surface area contributed by atoms with Crippen molar-refractivity contribution in [3.8, 4) is 12.1 Å². The molecular formula is C17H9N5. The molecule has 0 amide bonds. The Balaban J connectivity index is 2.38. The molecule has 1 aromatic carbocycles. The SMILES string of the molecule is Cc1cc2c3ncccc3c3cc(C#N)c(C#N)cc3n2n1. The molecule has 0 fully saturated rings.